The van der Waals surface area contributed by atoms with Gasteiger partial charge in [-0.05, 0) is 42.0 Å². The Hall–Kier alpha value is -3.35. The Morgan fingerprint density at radius 1 is 1.00 bits per heavy atom. The first kappa shape index (κ1) is 24.3. The molecule has 2 amide bonds. The topological polar surface area (TPSA) is 95.9 Å². The lowest BCUT2D eigenvalue weighted by Crippen LogP contribution is -2.47. The predicted molar refractivity (Wildman–Crippen MR) is 126 cm³/mol. The van der Waals surface area contributed by atoms with E-state index in [1.165, 1.54) is 4.90 Å². The molecule has 0 aromatic heterocycles. The number of carboxylic acid groups (broad SMARTS) is 1. The first-order valence-corrected chi connectivity index (χ1v) is 11.5. The number of alkyl carbamates (subject to hydrolysis) is 1. The fraction of sp³-hybridized carbons (Fsp3) is 0.423. The van der Waals surface area contributed by atoms with Crippen LogP contribution in [0.25, 0.3) is 11.1 Å². The maximum atomic E-state index is 12.9. The summed E-state index contributed by atoms with van der Waals surface area (Å²) in [5.41, 5.74) is 4.57. The van der Waals surface area contributed by atoms with E-state index in [1.54, 1.807) is 0 Å². The lowest BCUT2D eigenvalue weighted by atomic mass is 9.98. The zero-order valence-electron chi connectivity index (χ0n) is 19.4. The summed E-state index contributed by atoms with van der Waals surface area (Å²) in [5.74, 6) is -1.88. The minimum atomic E-state index is -1.05. The van der Waals surface area contributed by atoms with Crippen molar-refractivity contribution in [3.8, 4) is 11.1 Å². The molecule has 0 saturated heterocycles. The zero-order chi connectivity index (χ0) is 24.0. The van der Waals surface area contributed by atoms with E-state index in [-0.39, 0.29) is 37.6 Å². The third-order valence-corrected chi connectivity index (χ3v) is 6.39. The minimum Gasteiger partial charge on any atom is -0.480 e. The van der Waals surface area contributed by atoms with Gasteiger partial charge in [0.15, 0.2) is 0 Å². The van der Waals surface area contributed by atoms with Crippen LogP contribution in [0.15, 0.2) is 48.5 Å². The van der Waals surface area contributed by atoms with Crippen molar-refractivity contribution in [3.63, 3.8) is 0 Å². The average Bonchev–Trinajstić information content (AvgIpc) is 3.14. The Labute approximate surface area is 194 Å². The molecule has 0 spiro atoms. The largest absolute Gasteiger partial charge is 0.480 e. The summed E-state index contributed by atoms with van der Waals surface area (Å²) in [6.07, 6.45) is 0.543. The highest BCUT2D eigenvalue weighted by Gasteiger charge is 2.30. The summed E-state index contributed by atoms with van der Waals surface area (Å²) in [4.78, 5) is 38.0. The highest BCUT2D eigenvalue weighted by molar-refractivity contribution is 5.84. The fourth-order valence-corrected chi connectivity index (χ4v) is 4.31. The molecule has 2 N–H and O–H groups in total. The summed E-state index contributed by atoms with van der Waals surface area (Å²) in [7, 11) is 0. The number of carbonyl (C=O) groups excluding carboxylic acids is 2. The number of nitrogens with one attached hydrogen (secondary N) is 1. The maximum absolute atomic E-state index is 12.9. The van der Waals surface area contributed by atoms with Crippen molar-refractivity contribution in [1.82, 2.24) is 10.2 Å². The van der Waals surface area contributed by atoms with Crippen LogP contribution in [-0.2, 0) is 14.3 Å². The average molecular weight is 453 g/mol. The molecular weight excluding hydrogens is 420 g/mol. The van der Waals surface area contributed by atoms with Crippen LogP contribution >= 0.6 is 0 Å². The molecule has 33 heavy (non-hydrogen) atoms. The van der Waals surface area contributed by atoms with Gasteiger partial charge in [-0.2, -0.15) is 0 Å². The maximum Gasteiger partial charge on any atom is 0.407 e. The van der Waals surface area contributed by atoms with Crippen LogP contribution in [0, 0.1) is 5.92 Å². The van der Waals surface area contributed by atoms with Gasteiger partial charge in [0.05, 0.1) is 5.92 Å². The summed E-state index contributed by atoms with van der Waals surface area (Å²) in [5, 5.41) is 11.9. The van der Waals surface area contributed by atoms with Gasteiger partial charge in [-0.15, -0.1) is 0 Å². The van der Waals surface area contributed by atoms with Crippen LogP contribution < -0.4 is 5.32 Å². The van der Waals surface area contributed by atoms with Gasteiger partial charge in [-0.3, -0.25) is 9.59 Å². The Balaban J connectivity index is 1.60. The molecule has 2 aromatic rings. The number of benzene rings is 2. The number of hydrogen-bond acceptors (Lipinski definition) is 4. The van der Waals surface area contributed by atoms with E-state index in [9.17, 15) is 19.5 Å². The number of fused-ring (bicyclic) bond motifs is 3. The van der Waals surface area contributed by atoms with E-state index < -0.39 is 18.0 Å². The van der Waals surface area contributed by atoms with Crippen molar-refractivity contribution in [2.24, 2.45) is 5.92 Å². The number of amides is 2. The lowest BCUT2D eigenvalue weighted by molar-refractivity contribution is -0.148. The van der Waals surface area contributed by atoms with Crippen molar-refractivity contribution in [2.45, 2.75) is 45.6 Å². The van der Waals surface area contributed by atoms with Crippen molar-refractivity contribution in [2.75, 3.05) is 19.7 Å². The summed E-state index contributed by atoms with van der Waals surface area (Å²) < 4.78 is 5.54. The molecule has 1 aliphatic rings. The molecule has 0 bridgehead atoms. The Kier molecular flexibility index (Phi) is 8.09. The Morgan fingerprint density at radius 3 is 2.09 bits per heavy atom. The molecule has 7 heteroatoms. The number of aliphatic carboxylic acids is 1. The van der Waals surface area contributed by atoms with Gasteiger partial charge >= 0.3 is 12.1 Å². The summed E-state index contributed by atoms with van der Waals surface area (Å²) in [6.45, 7) is 5.52. The molecule has 0 saturated carbocycles. The summed E-state index contributed by atoms with van der Waals surface area (Å²) in [6, 6.07) is 16.0. The second kappa shape index (κ2) is 11.0. The minimum absolute atomic E-state index is 0.0387. The molecule has 2 unspecified atom stereocenters. The van der Waals surface area contributed by atoms with E-state index in [0.29, 0.717) is 12.8 Å². The van der Waals surface area contributed by atoms with Crippen molar-refractivity contribution < 1.29 is 24.2 Å². The van der Waals surface area contributed by atoms with E-state index in [0.717, 1.165) is 22.3 Å². The normalized spacial score (nSPS) is 14.0. The molecule has 2 aromatic carbocycles. The fourth-order valence-electron chi connectivity index (χ4n) is 4.31. The van der Waals surface area contributed by atoms with E-state index >= 15 is 0 Å². The molecular formula is C26H32N2O5. The number of ether oxygens (including phenoxy) is 1. The SMILES string of the molecule is CCC(CNC(=O)OCC1c2ccccc2-c2ccccc21)C(=O)N(CC(=O)O)C(C)CC. The molecule has 176 valence electrons. The van der Waals surface area contributed by atoms with E-state index in [1.807, 2.05) is 45.0 Å². The van der Waals surface area contributed by atoms with E-state index in [4.69, 9.17) is 4.74 Å². The molecule has 0 radical (unpaired) electrons. The van der Waals surface area contributed by atoms with Crippen LogP contribution in [0.2, 0.25) is 0 Å². The monoisotopic (exact) mass is 452 g/mol. The number of carbonyl (C=O) groups is 3. The van der Waals surface area contributed by atoms with Crippen molar-refractivity contribution in [1.29, 1.82) is 0 Å². The number of rotatable bonds is 10. The van der Waals surface area contributed by atoms with Gasteiger partial charge in [-0.1, -0.05) is 62.4 Å². The van der Waals surface area contributed by atoms with Crippen LogP contribution in [-0.4, -0.2) is 53.7 Å². The molecule has 0 aliphatic heterocycles. The van der Waals surface area contributed by atoms with Crippen LogP contribution in [0.4, 0.5) is 4.79 Å². The smallest absolute Gasteiger partial charge is 0.407 e. The standard InChI is InChI=1S/C26H32N2O5/c1-4-17(3)28(15-24(29)30)25(31)18(5-2)14-27-26(32)33-16-23-21-12-8-6-10-19(21)20-11-7-9-13-22(20)23/h6-13,17-18,23H,4-5,14-16H2,1-3H3,(H,27,32)(H,29,30). The van der Waals surface area contributed by atoms with Crippen LogP contribution in [0.5, 0.6) is 0 Å². The molecule has 7 nitrogen and oxygen atoms in total. The van der Waals surface area contributed by atoms with Gasteiger partial charge in [0, 0.05) is 18.5 Å². The number of hydrogen-bond donors (Lipinski definition) is 2. The van der Waals surface area contributed by atoms with Gasteiger partial charge in [0.2, 0.25) is 5.91 Å². The van der Waals surface area contributed by atoms with Gasteiger partial charge in [-0.25, -0.2) is 4.79 Å². The van der Waals surface area contributed by atoms with E-state index in [2.05, 4.69) is 29.6 Å². The first-order chi connectivity index (χ1) is 15.9. The first-order valence-electron chi connectivity index (χ1n) is 11.5. The Bertz CT molecular complexity index is 960. The second-order valence-corrected chi connectivity index (χ2v) is 8.43. The van der Waals surface area contributed by atoms with Crippen molar-refractivity contribution in [3.05, 3.63) is 59.7 Å². The third-order valence-electron chi connectivity index (χ3n) is 6.39. The van der Waals surface area contributed by atoms with Gasteiger partial charge in [0.1, 0.15) is 13.2 Å². The Morgan fingerprint density at radius 2 is 1.58 bits per heavy atom. The molecule has 0 fully saturated rings. The highest BCUT2D eigenvalue weighted by atomic mass is 16.5. The van der Waals surface area contributed by atoms with Crippen LogP contribution in [0.3, 0.4) is 0 Å². The number of carboxylic acids is 1. The quantitative estimate of drug-likeness (QED) is 0.561. The molecule has 2 atom stereocenters. The molecule has 1 aliphatic carbocycles. The summed E-state index contributed by atoms with van der Waals surface area (Å²) >= 11 is 0. The molecule has 3 rings (SSSR count). The van der Waals surface area contributed by atoms with Crippen molar-refractivity contribution >= 4 is 18.0 Å². The van der Waals surface area contributed by atoms with Gasteiger partial charge < -0.3 is 20.1 Å². The predicted octanol–water partition coefficient (Wildman–Crippen LogP) is 4.26. The van der Waals surface area contributed by atoms with Gasteiger partial charge in [0.25, 0.3) is 0 Å². The van der Waals surface area contributed by atoms with Crippen LogP contribution in [0.1, 0.15) is 50.7 Å². The lowest BCUT2D eigenvalue weighted by Gasteiger charge is -2.30. The highest BCUT2D eigenvalue weighted by Crippen LogP contribution is 2.44. The zero-order valence-corrected chi connectivity index (χ0v) is 19.4. The molecule has 0 heterocycles. The second-order valence-electron chi connectivity index (χ2n) is 8.43. The third kappa shape index (κ3) is 5.53. The number of nitrogens with zero attached hydrogens (tertiary/aromatic N) is 1.